The van der Waals surface area contributed by atoms with E-state index in [9.17, 15) is 9.59 Å². The zero-order valence-corrected chi connectivity index (χ0v) is 24.3. The Labute approximate surface area is 239 Å². The molecule has 0 heterocycles. The van der Waals surface area contributed by atoms with Crippen LogP contribution in [0.15, 0.2) is 44.4 Å². The Kier molecular flexibility index (Phi) is 4.62. The molecular weight excluding hydrogens is 716 g/mol. The molecule has 0 spiro atoms. The fraction of sp³-hybridized carbons (Fsp3) is 0.400. The second-order valence-electron chi connectivity index (χ2n) is 8.58. The van der Waals surface area contributed by atoms with E-state index in [-0.39, 0.29) is 20.1 Å². The number of rotatable bonds is 0. The Morgan fingerprint density at radius 3 is 1.25 bits per heavy atom. The molecule has 5 aliphatic rings. The predicted octanol–water partition coefficient (Wildman–Crippen LogP) is 7.59. The maximum Gasteiger partial charge on any atom is 0.187 e. The van der Waals surface area contributed by atoms with E-state index >= 15 is 0 Å². The van der Waals surface area contributed by atoms with Crippen molar-refractivity contribution < 1.29 is 9.59 Å². The Morgan fingerprint density at radius 2 is 0.938 bits per heavy atom. The van der Waals surface area contributed by atoms with Crippen molar-refractivity contribution in [2.75, 3.05) is 0 Å². The maximum absolute atomic E-state index is 13.8. The van der Waals surface area contributed by atoms with Gasteiger partial charge in [-0.1, -0.05) is 103 Å². The van der Waals surface area contributed by atoms with Gasteiger partial charge in [0.1, 0.15) is 9.75 Å². The van der Waals surface area contributed by atoms with Crippen LogP contribution in [0.5, 0.6) is 0 Å². The first kappa shape index (κ1) is 23.7. The van der Waals surface area contributed by atoms with Crippen LogP contribution in [-0.4, -0.2) is 31.1 Å². The molecule has 168 valence electrons. The largest absolute Gasteiger partial charge is 0.295 e. The van der Waals surface area contributed by atoms with E-state index in [1.807, 2.05) is 0 Å². The lowest BCUT2D eigenvalue weighted by atomic mass is 9.57. The van der Waals surface area contributed by atoms with E-state index in [2.05, 4.69) is 31.9 Å². The van der Waals surface area contributed by atoms with Crippen LogP contribution in [0.3, 0.4) is 0 Å². The summed E-state index contributed by atoms with van der Waals surface area (Å²) in [6.45, 7) is 0. The zero-order chi connectivity index (χ0) is 23.6. The standard InChI is InChI=1S/C20H6Br2Cl8O2/c21-17-5-3-1-2-4-6(5)18(22)8(16(28)10(24)12(26)20(18,30)14(16)32)7(17)15(27)9(23)11(25)19(17,29)13(15)31/h1-4,7-8H/t7-,8-,15+,16+,17+,18+,19-,20-/m0/s1. The smallest absolute Gasteiger partial charge is 0.187 e. The number of halogens is 10. The van der Waals surface area contributed by atoms with E-state index < -0.39 is 51.5 Å². The van der Waals surface area contributed by atoms with Crippen molar-refractivity contribution in [2.24, 2.45) is 11.8 Å². The lowest BCUT2D eigenvalue weighted by Gasteiger charge is -2.58. The molecule has 0 saturated heterocycles. The maximum atomic E-state index is 13.8. The summed E-state index contributed by atoms with van der Waals surface area (Å²) in [4.78, 5) is 20.1. The third-order valence-electron chi connectivity index (χ3n) is 7.68. The Morgan fingerprint density at radius 1 is 0.625 bits per heavy atom. The van der Waals surface area contributed by atoms with Gasteiger partial charge in [-0.2, -0.15) is 0 Å². The highest BCUT2D eigenvalue weighted by Crippen LogP contribution is 2.85. The summed E-state index contributed by atoms with van der Waals surface area (Å²) in [6.07, 6.45) is 0. The van der Waals surface area contributed by atoms with Crippen LogP contribution in [0.25, 0.3) is 0 Å². The van der Waals surface area contributed by atoms with Crippen molar-refractivity contribution in [3.05, 3.63) is 55.5 Å². The number of allylic oxidation sites excluding steroid dienone is 4. The fourth-order valence-corrected chi connectivity index (χ4v) is 13.3. The predicted molar refractivity (Wildman–Crippen MR) is 136 cm³/mol. The minimum absolute atomic E-state index is 0.0794. The van der Waals surface area contributed by atoms with Gasteiger partial charge < -0.3 is 0 Å². The van der Waals surface area contributed by atoms with Crippen molar-refractivity contribution in [2.45, 2.75) is 28.1 Å². The molecule has 12 heteroatoms. The Bertz CT molecular complexity index is 1200. The first-order valence-corrected chi connectivity index (χ1v) is 13.7. The number of carbonyl (C=O) groups excluding carboxylic acids is 2. The summed E-state index contributed by atoms with van der Waals surface area (Å²) in [5.74, 6) is -3.18. The molecule has 2 fully saturated rings. The average molecular weight is 722 g/mol. The molecule has 1 aromatic rings. The monoisotopic (exact) mass is 716 g/mol. The molecule has 5 aliphatic carbocycles. The highest BCUT2D eigenvalue weighted by molar-refractivity contribution is 9.10. The first-order chi connectivity index (χ1) is 14.7. The Balaban J connectivity index is 1.85. The van der Waals surface area contributed by atoms with Crippen molar-refractivity contribution >= 4 is 136 Å². The number of hydrogen-bond donors (Lipinski definition) is 0. The summed E-state index contributed by atoms with van der Waals surface area (Å²) in [6, 6.07) is 7.07. The molecule has 0 aliphatic heterocycles. The van der Waals surface area contributed by atoms with Gasteiger partial charge in [-0.25, -0.2) is 0 Å². The van der Waals surface area contributed by atoms with Crippen LogP contribution in [0.2, 0.25) is 0 Å². The van der Waals surface area contributed by atoms with E-state index in [0.29, 0.717) is 11.1 Å². The lowest BCUT2D eigenvalue weighted by Crippen LogP contribution is -2.63. The molecular formula is C20H6Br2Cl8O2. The van der Waals surface area contributed by atoms with Crippen LogP contribution in [-0.2, 0) is 18.2 Å². The van der Waals surface area contributed by atoms with Crippen LogP contribution in [0.4, 0.5) is 0 Å². The number of benzene rings is 1. The minimum atomic E-state index is -1.88. The van der Waals surface area contributed by atoms with Gasteiger partial charge in [-0.15, -0.1) is 46.4 Å². The molecule has 0 amide bonds. The number of fused-ring (bicyclic) bond motifs is 14. The number of carbonyl (C=O) groups is 2. The molecule has 0 unspecified atom stereocenters. The molecule has 0 aromatic heterocycles. The van der Waals surface area contributed by atoms with E-state index in [1.54, 1.807) is 24.3 Å². The SMILES string of the molecule is O=C1[C@]2(Cl)C(Cl)=C(Cl)[C@@]1(Cl)[C@@]1(Br)c3ccccc3[C@@]3(Br)[C@@H]([C@@H]21)[C@]1(Cl)C(=O)[C@@]3(Cl)C(Cl)=C1Cl. The topological polar surface area (TPSA) is 34.1 Å². The van der Waals surface area contributed by atoms with Gasteiger partial charge in [-0.3, -0.25) is 9.59 Å². The lowest BCUT2D eigenvalue weighted by molar-refractivity contribution is -0.121. The Hall–Kier alpha value is 1.32. The van der Waals surface area contributed by atoms with Crippen molar-refractivity contribution in [1.29, 1.82) is 0 Å². The average Bonchev–Trinajstić information content (AvgIpc) is 3.13. The van der Waals surface area contributed by atoms with Gasteiger partial charge in [0.05, 0.1) is 28.8 Å². The molecule has 1 aromatic carbocycles. The van der Waals surface area contributed by atoms with Gasteiger partial charge in [0.25, 0.3) is 0 Å². The summed E-state index contributed by atoms with van der Waals surface area (Å²) in [7, 11) is 0. The summed E-state index contributed by atoms with van der Waals surface area (Å²) >= 11 is 61.9. The quantitative estimate of drug-likeness (QED) is 0.259. The third kappa shape index (κ3) is 1.80. The van der Waals surface area contributed by atoms with Crippen LogP contribution < -0.4 is 0 Å². The molecule has 6 rings (SSSR count). The fourth-order valence-electron chi connectivity index (χ4n) is 6.45. The van der Waals surface area contributed by atoms with Crippen LogP contribution in [0.1, 0.15) is 11.1 Å². The molecule has 4 bridgehead atoms. The van der Waals surface area contributed by atoms with Crippen molar-refractivity contribution in [1.82, 2.24) is 0 Å². The van der Waals surface area contributed by atoms with Crippen molar-refractivity contribution in [3.63, 3.8) is 0 Å². The number of hydrogen-bond acceptors (Lipinski definition) is 2. The molecule has 0 radical (unpaired) electrons. The molecule has 8 atom stereocenters. The van der Waals surface area contributed by atoms with Gasteiger partial charge in [0.15, 0.2) is 21.3 Å². The van der Waals surface area contributed by atoms with Crippen LogP contribution in [0, 0.1) is 11.8 Å². The third-order valence-corrected chi connectivity index (χ3v) is 16.2. The number of Topliss-reactive ketones (excluding diaryl/α,β-unsaturated/α-hetero) is 2. The van der Waals surface area contributed by atoms with Gasteiger partial charge in [0.2, 0.25) is 0 Å². The zero-order valence-electron chi connectivity index (χ0n) is 15.1. The second kappa shape index (κ2) is 6.23. The van der Waals surface area contributed by atoms with E-state index in [1.165, 1.54) is 0 Å². The number of ketones is 2. The van der Waals surface area contributed by atoms with E-state index in [0.717, 1.165) is 0 Å². The molecule has 2 nitrogen and oxygen atoms in total. The van der Waals surface area contributed by atoms with Crippen LogP contribution >= 0.6 is 125 Å². The van der Waals surface area contributed by atoms with Crippen molar-refractivity contribution in [3.8, 4) is 0 Å². The highest BCUT2D eigenvalue weighted by Gasteiger charge is 2.93. The van der Waals surface area contributed by atoms with Gasteiger partial charge >= 0.3 is 0 Å². The molecule has 2 saturated carbocycles. The van der Waals surface area contributed by atoms with Gasteiger partial charge in [-0.05, 0) is 11.1 Å². The summed E-state index contributed by atoms with van der Waals surface area (Å²) in [5, 5.41) is -0.380. The normalized spacial score (nSPS) is 52.7. The molecule has 32 heavy (non-hydrogen) atoms. The number of alkyl halides is 6. The second-order valence-corrected chi connectivity index (χ2v) is 14.9. The summed E-state index contributed by atoms with van der Waals surface area (Å²) in [5.41, 5.74) is 1.13. The van der Waals surface area contributed by atoms with E-state index in [4.69, 9.17) is 92.8 Å². The highest BCUT2D eigenvalue weighted by atomic mass is 79.9. The minimum Gasteiger partial charge on any atom is -0.295 e. The molecule has 0 N–H and O–H groups in total. The first-order valence-electron chi connectivity index (χ1n) is 9.11. The van der Waals surface area contributed by atoms with Gasteiger partial charge in [0, 0.05) is 11.8 Å². The summed E-state index contributed by atoms with van der Waals surface area (Å²) < 4.78 is -2.75.